The van der Waals surface area contributed by atoms with Crippen molar-refractivity contribution >= 4 is 5.57 Å². The predicted octanol–water partition coefficient (Wildman–Crippen LogP) is 0.464. The summed E-state index contributed by atoms with van der Waals surface area (Å²) < 4.78 is 2.35. The van der Waals surface area contributed by atoms with Crippen LogP contribution in [0.15, 0.2) is 94.3 Å². The van der Waals surface area contributed by atoms with Gasteiger partial charge in [0.05, 0.1) is 0 Å². The Labute approximate surface area is 191 Å². The van der Waals surface area contributed by atoms with Crippen LogP contribution in [-0.4, -0.2) is 0 Å². The molecule has 3 aromatic carbocycles. The summed E-state index contributed by atoms with van der Waals surface area (Å²) in [6, 6.07) is 28.9. The summed E-state index contributed by atoms with van der Waals surface area (Å²) in [6.45, 7) is 2.37. The first kappa shape index (κ1) is 21.3. The van der Waals surface area contributed by atoms with Gasteiger partial charge in [0, 0.05) is 0 Å². The molecule has 1 atom stereocenters. The standard InChI is InChI=1S/C13H9.C12H11.2ClH.Zr/c1-3-7-12-10(5-1)9-11-6-2-4-8-13(11)12;1-10-7-8-12(9-10)11-5-3-2-4-6-11;;;/h1-9H;2-6,8-10H,1H3;2*1H;/q;;;;+2/p-2. The summed E-state index contributed by atoms with van der Waals surface area (Å²) >= 11 is -0.770. The summed E-state index contributed by atoms with van der Waals surface area (Å²) in [5, 5.41) is 0. The van der Waals surface area contributed by atoms with Crippen LogP contribution in [0.1, 0.15) is 27.2 Å². The maximum absolute atomic E-state index is 2.50. The van der Waals surface area contributed by atoms with Gasteiger partial charge in [-0.15, -0.1) is 0 Å². The third kappa shape index (κ3) is 3.73. The van der Waals surface area contributed by atoms with Crippen LogP contribution in [0.4, 0.5) is 0 Å². The number of hydrogen-bond donors (Lipinski definition) is 0. The summed E-state index contributed by atoms with van der Waals surface area (Å²) in [5.74, 6) is 0.580. The van der Waals surface area contributed by atoms with Gasteiger partial charge in [-0.3, -0.25) is 0 Å². The second-order valence-electron chi connectivity index (χ2n) is 7.13. The van der Waals surface area contributed by atoms with Gasteiger partial charge in [-0.25, -0.2) is 0 Å². The Kier molecular flexibility index (Phi) is 6.82. The molecule has 1 unspecified atom stereocenters. The quantitative estimate of drug-likeness (QED) is 0.509. The summed E-state index contributed by atoms with van der Waals surface area (Å²) in [5.41, 5.74) is 8.78. The van der Waals surface area contributed by atoms with E-state index in [1.165, 1.54) is 22.3 Å². The summed E-state index contributed by atoms with van der Waals surface area (Å²) in [6.07, 6.45) is 4.95. The van der Waals surface area contributed by atoms with Crippen LogP contribution in [0, 0.1) is 5.92 Å². The Hall–Kier alpha value is -1.40. The van der Waals surface area contributed by atoms with Gasteiger partial charge in [0.25, 0.3) is 0 Å². The molecule has 5 rings (SSSR count). The first-order valence-electron chi connectivity index (χ1n) is 9.25. The topological polar surface area (TPSA) is 0 Å². The predicted molar refractivity (Wildman–Crippen MR) is 105 cm³/mol. The van der Waals surface area contributed by atoms with Crippen LogP contribution in [0.5, 0.6) is 0 Å². The minimum absolute atomic E-state index is 0. The molecule has 3 heteroatoms. The van der Waals surface area contributed by atoms with Gasteiger partial charge >= 0.3 is 167 Å². The molecule has 0 bridgehead atoms. The van der Waals surface area contributed by atoms with Crippen molar-refractivity contribution in [3.8, 4) is 11.1 Å². The minimum atomic E-state index is -0.770. The van der Waals surface area contributed by atoms with E-state index in [-0.39, 0.29) is 24.8 Å². The van der Waals surface area contributed by atoms with E-state index in [0.717, 1.165) is 0 Å². The zero-order valence-corrected chi connectivity index (χ0v) is 19.5. The van der Waals surface area contributed by atoms with Crippen LogP contribution in [0.3, 0.4) is 0 Å². The number of fused-ring (bicyclic) bond motifs is 3. The normalized spacial score (nSPS) is 16.7. The molecule has 0 amide bonds. The van der Waals surface area contributed by atoms with E-state index in [4.69, 9.17) is 0 Å². The third-order valence-electron chi connectivity index (χ3n) is 5.48. The largest absolute Gasteiger partial charge is 1.00 e. The van der Waals surface area contributed by atoms with Crippen molar-refractivity contribution in [2.75, 3.05) is 0 Å². The zero-order chi connectivity index (χ0) is 17.5. The second-order valence-corrected chi connectivity index (χ2v) is 10.7. The van der Waals surface area contributed by atoms with E-state index in [1.54, 1.807) is 14.4 Å². The van der Waals surface area contributed by atoms with E-state index in [1.807, 2.05) is 0 Å². The van der Waals surface area contributed by atoms with Crippen molar-refractivity contribution in [3.05, 3.63) is 111 Å². The number of rotatable bonds is 3. The SMILES string of the molecule is CC1C=C(c2ccccc2)C=[C]1[Zr+2][CH]1c2ccccc2-c2ccccc21.[Cl-].[Cl-]. The van der Waals surface area contributed by atoms with Crippen molar-refractivity contribution < 1.29 is 48.0 Å². The van der Waals surface area contributed by atoms with Crippen molar-refractivity contribution in [2.45, 2.75) is 10.5 Å². The van der Waals surface area contributed by atoms with Crippen molar-refractivity contribution in [1.82, 2.24) is 0 Å². The molecule has 2 aliphatic rings. The smallest absolute Gasteiger partial charge is 1.00 e. The molecular weight excluding hydrogens is 462 g/mol. The molecule has 3 aromatic rings. The minimum Gasteiger partial charge on any atom is -1.00 e. The maximum atomic E-state index is 2.50. The number of halogens is 2. The van der Waals surface area contributed by atoms with E-state index in [9.17, 15) is 0 Å². The van der Waals surface area contributed by atoms with E-state index in [2.05, 4.69) is 97.9 Å². The van der Waals surface area contributed by atoms with Crippen molar-refractivity contribution in [2.24, 2.45) is 5.92 Å². The fraction of sp³-hybridized carbons (Fsp3) is 0.120. The van der Waals surface area contributed by atoms with Crippen LogP contribution in [-0.2, 0) is 23.2 Å². The molecular formula is C25H20Cl2Zr. The number of benzene rings is 3. The number of hydrogen-bond acceptors (Lipinski definition) is 0. The zero-order valence-electron chi connectivity index (χ0n) is 15.6. The Bertz CT molecular complexity index is 992. The Morgan fingerprint density at radius 3 is 1.82 bits per heavy atom. The molecule has 0 aliphatic heterocycles. The Morgan fingerprint density at radius 1 is 0.679 bits per heavy atom. The molecule has 0 nitrogen and oxygen atoms in total. The van der Waals surface area contributed by atoms with Gasteiger partial charge in [0.2, 0.25) is 0 Å². The van der Waals surface area contributed by atoms with Crippen molar-refractivity contribution in [1.29, 1.82) is 0 Å². The molecule has 0 saturated carbocycles. The van der Waals surface area contributed by atoms with E-state index in [0.29, 0.717) is 9.54 Å². The van der Waals surface area contributed by atoms with Gasteiger partial charge < -0.3 is 24.8 Å². The maximum Gasteiger partial charge on any atom is -1.00 e. The fourth-order valence-electron chi connectivity index (χ4n) is 4.17. The van der Waals surface area contributed by atoms with Crippen molar-refractivity contribution in [3.63, 3.8) is 0 Å². The molecule has 0 fully saturated rings. The van der Waals surface area contributed by atoms with Gasteiger partial charge in [0.15, 0.2) is 0 Å². The number of allylic oxidation sites excluding steroid dienone is 4. The molecule has 138 valence electrons. The van der Waals surface area contributed by atoms with Crippen LogP contribution in [0.25, 0.3) is 16.7 Å². The summed E-state index contributed by atoms with van der Waals surface area (Å²) in [4.78, 5) is 0. The average Bonchev–Trinajstić information content (AvgIpc) is 3.22. The van der Waals surface area contributed by atoms with E-state index >= 15 is 0 Å². The van der Waals surface area contributed by atoms with Crippen LogP contribution < -0.4 is 24.8 Å². The molecule has 0 radical (unpaired) electrons. The van der Waals surface area contributed by atoms with Crippen LogP contribution >= 0.6 is 0 Å². The molecule has 0 aromatic heterocycles. The Morgan fingerprint density at radius 2 is 1.21 bits per heavy atom. The Balaban J connectivity index is 0.00000112. The average molecular weight is 483 g/mol. The van der Waals surface area contributed by atoms with Gasteiger partial charge in [-0.05, 0) is 0 Å². The monoisotopic (exact) mass is 480 g/mol. The third-order valence-corrected chi connectivity index (χ3v) is 10.0. The van der Waals surface area contributed by atoms with E-state index < -0.39 is 23.2 Å². The van der Waals surface area contributed by atoms with Gasteiger partial charge in [0.1, 0.15) is 0 Å². The molecule has 0 saturated heterocycles. The molecule has 0 N–H and O–H groups in total. The van der Waals surface area contributed by atoms with Crippen LogP contribution in [0.2, 0.25) is 0 Å². The summed E-state index contributed by atoms with van der Waals surface area (Å²) in [7, 11) is 0. The second kappa shape index (κ2) is 8.95. The van der Waals surface area contributed by atoms with Gasteiger partial charge in [-0.2, -0.15) is 0 Å². The molecule has 28 heavy (non-hydrogen) atoms. The fourth-order valence-corrected chi connectivity index (χ4v) is 8.43. The first-order chi connectivity index (χ1) is 12.8. The first-order valence-corrected chi connectivity index (χ1v) is 11.9. The molecule has 2 aliphatic carbocycles. The molecule has 0 spiro atoms. The van der Waals surface area contributed by atoms with Gasteiger partial charge in [-0.1, -0.05) is 0 Å². The molecule has 0 heterocycles.